The van der Waals surface area contributed by atoms with Crippen molar-refractivity contribution in [3.8, 4) is 0 Å². The molecule has 2 unspecified atom stereocenters. The third-order valence-corrected chi connectivity index (χ3v) is 3.58. The highest BCUT2D eigenvalue weighted by atomic mass is 16.5. The number of hydrogen-bond acceptors (Lipinski definition) is 3. The van der Waals surface area contributed by atoms with Crippen LogP contribution in [0.2, 0.25) is 0 Å². The van der Waals surface area contributed by atoms with E-state index in [2.05, 4.69) is 23.6 Å². The lowest BCUT2D eigenvalue weighted by Crippen LogP contribution is -2.42. The Morgan fingerprint density at radius 2 is 2.26 bits per heavy atom. The van der Waals surface area contributed by atoms with Gasteiger partial charge in [0, 0.05) is 13.7 Å². The van der Waals surface area contributed by atoms with Crippen molar-refractivity contribution >= 4 is 5.91 Å². The zero-order valence-corrected chi connectivity index (χ0v) is 11.6. The monoisotopic (exact) mass is 262 g/mol. The Bertz CT molecular complexity index is 434. The van der Waals surface area contributed by atoms with E-state index in [9.17, 15) is 4.79 Å². The number of amides is 1. The quantitative estimate of drug-likeness (QED) is 0.844. The first-order chi connectivity index (χ1) is 9.20. The van der Waals surface area contributed by atoms with Gasteiger partial charge in [0.1, 0.15) is 0 Å². The van der Waals surface area contributed by atoms with Gasteiger partial charge in [-0.25, -0.2) is 0 Å². The topological polar surface area (TPSA) is 50.4 Å². The van der Waals surface area contributed by atoms with Gasteiger partial charge < -0.3 is 15.4 Å². The predicted molar refractivity (Wildman–Crippen MR) is 74.6 cm³/mol. The molecule has 4 heteroatoms. The normalized spacial score (nSPS) is 22.4. The molecule has 0 radical (unpaired) electrons. The summed E-state index contributed by atoms with van der Waals surface area (Å²) in [6.07, 6.45) is 1.07. The molecule has 104 valence electrons. The Balaban J connectivity index is 1.87. The van der Waals surface area contributed by atoms with E-state index in [1.807, 2.05) is 18.2 Å². The first-order valence-electron chi connectivity index (χ1n) is 6.78. The Morgan fingerprint density at radius 1 is 1.47 bits per heavy atom. The smallest absolute Gasteiger partial charge is 0.237 e. The summed E-state index contributed by atoms with van der Waals surface area (Å²) in [7, 11) is 1.68. The summed E-state index contributed by atoms with van der Waals surface area (Å²) in [4.78, 5) is 12.0. The Hall–Kier alpha value is -1.39. The van der Waals surface area contributed by atoms with Gasteiger partial charge in [0.2, 0.25) is 5.91 Å². The number of carbonyl (C=O) groups excluding carboxylic acids is 1. The van der Waals surface area contributed by atoms with Crippen molar-refractivity contribution in [2.75, 3.05) is 13.7 Å². The lowest BCUT2D eigenvalue weighted by molar-refractivity contribution is -0.123. The van der Waals surface area contributed by atoms with Gasteiger partial charge in [-0.1, -0.05) is 31.2 Å². The SMILES string of the molecule is COCc1cccc(CNC(=O)C2NCCC2C)c1. The molecule has 0 aromatic heterocycles. The largest absolute Gasteiger partial charge is 0.380 e. The van der Waals surface area contributed by atoms with E-state index in [0.717, 1.165) is 24.1 Å². The van der Waals surface area contributed by atoms with E-state index in [0.29, 0.717) is 19.1 Å². The zero-order chi connectivity index (χ0) is 13.7. The summed E-state index contributed by atoms with van der Waals surface area (Å²) in [5, 5.41) is 6.24. The Labute approximate surface area is 114 Å². The number of carbonyl (C=O) groups is 1. The van der Waals surface area contributed by atoms with Crippen LogP contribution in [0.3, 0.4) is 0 Å². The molecule has 1 heterocycles. The minimum atomic E-state index is -0.0397. The van der Waals surface area contributed by atoms with Gasteiger partial charge in [-0.05, 0) is 30.0 Å². The van der Waals surface area contributed by atoms with Crippen LogP contribution in [0.25, 0.3) is 0 Å². The molecule has 1 amide bonds. The third-order valence-electron chi connectivity index (χ3n) is 3.58. The van der Waals surface area contributed by atoms with Crippen LogP contribution >= 0.6 is 0 Å². The average molecular weight is 262 g/mol. The van der Waals surface area contributed by atoms with Crippen LogP contribution in [-0.2, 0) is 22.7 Å². The molecule has 4 nitrogen and oxygen atoms in total. The van der Waals surface area contributed by atoms with E-state index in [4.69, 9.17) is 4.74 Å². The highest BCUT2D eigenvalue weighted by Gasteiger charge is 2.28. The molecule has 0 aliphatic carbocycles. The highest BCUT2D eigenvalue weighted by Crippen LogP contribution is 2.14. The average Bonchev–Trinajstić information content (AvgIpc) is 2.83. The fourth-order valence-electron chi connectivity index (χ4n) is 2.48. The predicted octanol–water partition coefficient (Wildman–Crippen LogP) is 1.45. The van der Waals surface area contributed by atoms with E-state index < -0.39 is 0 Å². The molecular weight excluding hydrogens is 240 g/mol. The van der Waals surface area contributed by atoms with E-state index >= 15 is 0 Å². The summed E-state index contributed by atoms with van der Waals surface area (Å²) in [6, 6.07) is 8.06. The molecule has 0 spiro atoms. The summed E-state index contributed by atoms with van der Waals surface area (Å²) in [5.74, 6) is 0.516. The fraction of sp³-hybridized carbons (Fsp3) is 0.533. The molecule has 0 saturated carbocycles. The molecule has 1 aromatic carbocycles. The molecule has 0 bridgehead atoms. The van der Waals surface area contributed by atoms with Crippen LogP contribution in [-0.4, -0.2) is 25.6 Å². The number of ether oxygens (including phenoxy) is 1. The first-order valence-corrected chi connectivity index (χ1v) is 6.78. The first kappa shape index (κ1) is 14.0. The minimum absolute atomic E-state index is 0.0397. The van der Waals surface area contributed by atoms with Crippen LogP contribution in [0, 0.1) is 5.92 Å². The number of hydrogen-bond donors (Lipinski definition) is 2. The number of benzene rings is 1. The Morgan fingerprint density at radius 3 is 2.95 bits per heavy atom. The molecule has 2 N–H and O–H groups in total. The number of rotatable bonds is 5. The van der Waals surface area contributed by atoms with Crippen LogP contribution in [0.5, 0.6) is 0 Å². The van der Waals surface area contributed by atoms with Crippen molar-refractivity contribution in [2.45, 2.75) is 32.5 Å². The van der Waals surface area contributed by atoms with Crippen molar-refractivity contribution in [3.63, 3.8) is 0 Å². The third kappa shape index (κ3) is 3.78. The van der Waals surface area contributed by atoms with Crippen LogP contribution in [0.1, 0.15) is 24.5 Å². The molecule has 1 aliphatic rings. The number of methoxy groups -OCH3 is 1. The van der Waals surface area contributed by atoms with Crippen molar-refractivity contribution in [1.82, 2.24) is 10.6 Å². The molecular formula is C15H22N2O2. The lowest BCUT2D eigenvalue weighted by atomic mass is 10.0. The highest BCUT2D eigenvalue weighted by molar-refractivity contribution is 5.82. The van der Waals surface area contributed by atoms with E-state index in [-0.39, 0.29) is 11.9 Å². The summed E-state index contributed by atoms with van der Waals surface area (Å²) in [5.41, 5.74) is 2.23. The van der Waals surface area contributed by atoms with Crippen molar-refractivity contribution in [3.05, 3.63) is 35.4 Å². The fourth-order valence-corrected chi connectivity index (χ4v) is 2.48. The second-order valence-corrected chi connectivity index (χ2v) is 5.17. The van der Waals surface area contributed by atoms with Crippen LogP contribution in [0.15, 0.2) is 24.3 Å². The number of nitrogens with one attached hydrogen (secondary N) is 2. The van der Waals surface area contributed by atoms with Gasteiger partial charge in [0.05, 0.1) is 12.6 Å². The van der Waals surface area contributed by atoms with Crippen LogP contribution < -0.4 is 10.6 Å². The molecule has 2 atom stereocenters. The second-order valence-electron chi connectivity index (χ2n) is 5.17. The van der Waals surface area contributed by atoms with Crippen LogP contribution in [0.4, 0.5) is 0 Å². The standard InChI is InChI=1S/C15H22N2O2/c1-11-6-7-16-14(11)15(18)17-9-12-4-3-5-13(8-12)10-19-2/h3-5,8,11,14,16H,6-7,9-10H2,1-2H3,(H,17,18). The molecule has 19 heavy (non-hydrogen) atoms. The van der Waals surface area contributed by atoms with Gasteiger partial charge in [0.25, 0.3) is 0 Å². The van der Waals surface area contributed by atoms with Crippen molar-refractivity contribution in [1.29, 1.82) is 0 Å². The maximum absolute atomic E-state index is 12.0. The maximum Gasteiger partial charge on any atom is 0.237 e. The summed E-state index contributed by atoms with van der Waals surface area (Å²) in [6.45, 7) is 4.22. The molecule has 1 aromatic rings. The zero-order valence-electron chi connectivity index (χ0n) is 11.6. The van der Waals surface area contributed by atoms with Gasteiger partial charge in [-0.2, -0.15) is 0 Å². The Kier molecular flexibility index (Phi) is 4.93. The lowest BCUT2D eigenvalue weighted by Gasteiger charge is -2.15. The molecule has 1 fully saturated rings. The van der Waals surface area contributed by atoms with Gasteiger partial charge >= 0.3 is 0 Å². The molecule has 2 rings (SSSR count). The van der Waals surface area contributed by atoms with Gasteiger partial charge in [-0.15, -0.1) is 0 Å². The minimum Gasteiger partial charge on any atom is -0.380 e. The maximum atomic E-state index is 12.0. The van der Waals surface area contributed by atoms with E-state index in [1.165, 1.54) is 0 Å². The molecule has 1 aliphatic heterocycles. The van der Waals surface area contributed by atoms with Crippen molar-refractivity contribution in [2.24, 2.45) is 5.92 Å². The summed E-state index contributed by atoms with van der Waals surface area (Å²) < 4.78 is 5.11. The van der Waals surface area contributed by atoms with Gasteiger partial charge in [0.15, 0.2) is 0 Å². The second kappa shape index (κ2) is 6.68. The molecule has 1 saturated heterocycles. The summed E-state index contributed by atoms with van der Waals surface area (Å²) >= 11 is 0. The van der Waals surface area contributed by atoms with Crippen molar-refractivity contribution < 1.29 is 9.53 Å². The van der Waals surface area contributed by atoms with Gasteiger partial charge in [-0.3, -0.25) is 4.79 Å². The van der Waals surface area contributed by atoms with E-state index in [1.54, 1.807) is 7.11 Å².